The Morgan fingerprint density at radius 2 is 2.00 bits per heavy atom. The van der Waals surface area contributed by atoms with Crippen LogP contribution in [0.4, 0.5) is 5.69 Å². The quantitative estimate of drug-likeness (QED) is 0.565. The molecule has 0 saturated carbocycles. The number of aryl methyl sites for hydroxylation is 1. The van der Waals surface area contributed by atoms with E-state index < -0.39 is 5.91 Å². The zero-order chi connectivity index (χ0) is 17.0. The van der Waals surface area contributed by atoms with Crippen LogP contribution in [-0.4, -0.2) is 16.1 Å². The van der Waals surface area contributed by atoms with Gasteiger partial charge in [-0.05, 0) is 52.7 Å². The number of phenolic OH excluding ortho intramolecular Hbond substituents is 2. The second-order valence-electron chi connectivity index (χ2n) is 4.86. The number of aromatic hydroxyl groups is 2. The van der Waals surface area contributed by atoms with Crippen molar-refractivity contribution < 1.29 is 15.0 Å². The molecule has 0 aliphatic heterocycles. The molecule has 6 heteroatoms. The molecule has 0 aliphatic carbocycles. The molecule has 2 rings (SSSR count). The van der Waals surface area contributed by atoms with Crippen molar-refractivity contribution in [2.45, 2.75) is 6.92 Å². The Morgan fingerprint density at radius 3 is 2.65 bits per heavy atom. The number of anilines is 1. The van der Waals surface area contributed by atoms with Crippen LogP contribution in [-0.2, 0) is 4.79 Å². The highest BCUT2D eigenvalue weighted by molar-refractivity contribution is 9.10. The van der Waals surface area contributed by atoms with E-state index in [4.69, 9.17) is 0 Å². The zero-order valence-electron chi connectivity index (χ0n) is 12.2. The Bertz CT molecular complexity index is 838. The van der Waals surface area contributed by atoms with E-state index in [1.807, 2.05) is 13.0 Å². The average molecular weight is 373 g/mol. The van der Waals surface area contributed by atoms with Gasteiger partial charge in [-0.2, -0.15) is 5.26 Å². The predicted molar refractivity (Wildman–Crippen MR) is 90.9 cm³/mol. The highest BCUT2D eigenvalue weighted by Gasteiger charge is 2.12. The Balaban J connectivity index is 2.30. The normalized spacial score (nSPS) is 10.9. The first-order valence-corrected chi connectivity index (χ1v) is 7.41. The lowest BCUT2D eigenvalue weighted by molar-refractivity contribution is -0.112. The minimum Gasteiger partial charge on any atom is -0.507 e. The third-order valence-electron chi connectivity index (χ3n) is 3.04. The first kappa shape index (κ1) is 16.6. The largest absolute Gasteiger partial charge is 0.507 e. The lowest BCUT2D eigenvalue weighted by atomic mass is 10.1. The maximum atomic E-state index is 12.2. The van der Waals surface area contributed by atoms with Gasteiger partial charge >= 0.3 is 0 Å². The van der Waals surface area contributed by atoms with Gasteiger partial charge in [0.1, 0.15) is 23.1 Å². The van der Waals surface area contributed by atoms with Gasteiger partial charge in [0.05, 0.1) is 4.47 Å². The molecule has 1 amide bonds. The molecule has 2 aromatic rings. The van der Waals surface area contributed by atoms with Crippen LogP contribution in [0.2, 0.25) is 0 Å². The summed E-state index contributed by atoms with van der Waals surface area (Å²) in [7, 11) is 0. The Morgan fingerprint density at radius 1 is 1.26 bits per heavy atom. The molecule has 0 aliphatic rings. The van der Waals surface area contributed by atoms with Gasteiger partial charge in [0.25, 0.3) is 5.91 Å². The van der Waals surface area contributed by atoms with Crippen molar-refractivity contribution in [3.63, 3.8) is 0 Å². The van der Waals surface area contributed by atoms with Gasteiger partial charge in [0, 0.05) is 17.3 Å². The van der Waals surface area contributed by atoms with Crippen LogP contribution in [0.25, 0.3) is 6.08 Å². The molecule has 0 unspecified atom stereocenters. The van der Waals surface area contributed by atoms with Crippen molar-refractivity contribution >= 4 is 33.6 Å². The predicted octanol–water partition coefficient (Wildman–Crippen LogP) is 3.71. The monoisotopic (exact) mass is 372 g/mol. The number of nitrogens with zero attached hydrogens (tertiary/aromatic N) is 1. The van der Waals surface area contributed by atoms with E-state index >= 15 is 0 Å². The molecule has 0 saturated heterocycles. The maximum Gasteiger partial charge on any atom is 0.266 e. The number of hydrogen-bond acceptors (Lipinski definition) is 4. The number of hydrogen-bond donors (Lipinski definition) is 3. The van der Waals surface area contributed by atoms with E-state index in [1.165, 1.54) is 12.1 Å². The summed E-state index contributed by atoms with van der Waals surface area (Å²) in [6.45, 7) is 1.89. The molecule has 2 aromatic carbocycles. The van der Waals surface area contributed by atoms with E-state index in [0.29, 0.717) is 10.2 Å². The van der Waals surface area contributed by atoms with E-state index in [0.717, 1.165) is 11.6 Å². The third kappa shape index (κ3) is 4.11. The van der Waals surface area contributed by atoms with Crippen molar-refractivity contribution in [2.75, 3.05) is 5.32 Å². The van der Waals surface area contributed by atoms with Crippen molar-refractivity contribution in [2.24, 2.45) is 0 Å². The molecule has 0 bridgehead atoms. The van der Waals surface area contributed by atoms with E-state index in [-0.39, 0.29) is 22.6 Å². The van der Waals surface area contributed by atoms with E-state index in [1.54, 1.807) is 24.3 Å². The molecular formula is C17H13BrN2O3. The first-order valence-electron chi connectivity index (χ1n) is 6.62. The number of benzene rings is 2. The second kappa shape index (κ2) is 6.99. The summed E-state index contributed by atoms with van der Waals surface area (Å²) in [6, 6.07) is 11.5. The molecule has 0 heterocycles. The number of amides is 1. The Labute approximate surface area is 141 Å². The fourth-order valence-electron chi connectivity index (χ4n) is 1.91. The van der Waals surface area contributed by atoms with Gasteiger partial charge < -0.3 is 15.5 Å². The number of carbonyl (C=O) groups excluding carboxylic acids is 1. The summed E-state index contributed by atoms with van der Waals surface area (Å²) >= 11 is 3.12. The lowest BCUT2D eigenvalue weighted by Crippen LogP contribution is -2.13. The summed E-state index contributed by atoms with van der Waals surface area (Å²) in [5.41, 5.74) is 1.63. The van der Waals surface area contributed by atoms with Crippen molar-refractivity contribution in [1.29, 1.82) is 5.26 Å². The molecule has 5 nitrogen and oxygen atoms in total. The van der Waals surface area contributed by atoms with E-state index in [2.05, 4.69) is 21.2 Å². The summed E-state index contributed by atoms with van der Waals surface area (Å²) in [4.78, 5) is 12.2. The van der Waals surface area contributed by atoms with Crippen molar-refractivity contribution in [1.82, 2.24) is 0 Å². The smallest absolute Gasteiger partial charge is 0.266 e. The molecule has 0 atom stereocenters. The van der Waals surface area contributed by atoms with Gasteiger partial charge in [-0.25, -0.2) is 0 Å². The van der Waals surface area contributed by atoms with Crippen LogP contribution in [0.5, 0.6) is 11.5 Å². The average Bonchev–Trinajstić information content (AvgIpc) is 2.49. The van der Waals surface area contributed by atoms with Crippen LogP contribution < -0.4 is 5.32 Å². The molecule has 0 spiro atoms. The number of carbonyl (C=O) groups is 1. The topological polar surface area (TPSA) is 93.4 Å². The SMILES string of the molecule is Cc1cccc(NC(=O)/C(C#N)=C\c2cc(Br)c(O)cc2O)c1. The lowest BCUT2D eigenvalue weighted by Gasteiger charge is -2.06. The zero-order valence-corrected chi connectivity index (χ0v) is 13.8. The second-order valence-corrected chi connectivity index (χ2v) is 5.71. The van der Waals surface area contributed by atoms with Gasteiger partial charge in [-0.3, -0.25) is 4.79 Å². The molecule has 23 heavy (non-hydrogen) atoms. The summed E-state index contributed by atoms with van der Waals surface area (Å²) in [5, 5.41) is 31.1. The fraction of sp³-hybridized carbons (Fsp3) is 0.0588. The summed E-state index contributed by atoms with van der Waals surface area (Å²) in [5.74, 6) is -0.953. The van der Waals surface area contributed by atoms with Gasteiger partial charge in [0.15, 0.2) is 0 Å². The van der Waals surface area contributed by atoms with Gasteiger partial charge in [-0.15, -0.1) is 0 Å². The molecule has 0 fully saturated rings. The number of phenols is 2. The van der Waals surface area contributed by atoms with Crippen LogP contribution in [0.3, 0.4) is 0 Å². The number of rotatable bonds is 3. The highest BCUT2D eigenvalue weighted by Crippen LogP contribution is 2.32. The van der Waals surface area contributed by atoms with Gasteiger partial charge in [0.2, 0.25) is 0 Å². The van der Waals surface area contributed by atoms with Crippen LogP contribution >= 0.6 is 15.9 Å². The summed E-state index contributed by atoms with van der Waals surface area (Å²) < 4.78 is 0.345. The van der Waals surface area contributed by atoms with Gasteiger partial charge in [-0.1, -0.05) is 12.1 Å². The first-order chi connectivity index (χ1) is 10.9. The Hall–Kier alpha value is -2.78. The number of halogens is 1. The maximum absolute atomic E-state index is 12.2. The van der Waals surface area contributed by atoms with Crippen LogP contribution in [0, 0.1) is 18.3 Å². The highest BCUT2D eigenvalue weighted by atomic mass is 79.9. The third-order valence-corrected chi connectivity index (χ3v) is 3.67. The minimum atomic E-state index is -0.582. The molecule has 0 aromatic heterocycles. The molecular weight excluding hydrogens is 360 g/mol. The molecule has 0 radical (unpaired) electrons. The van der Waals surface area contributed by atoms with Crippen LogP contribution in [0.15, 0.2) is 46.4 Å². The molecule has 116 valence electrons. The standard InChI is InChI=1S/C17H13BrN2O3/c1-10-3-2-4-13(5-10)20-17(23)12(9-19)6-11-7-14(18)16(22)8-15(11)21/h2-8,21-22H,1H3,(H,20,23)/b12-6-. The summed E-state index contributed by atoms with van der Waals surface area (Å²) in [6.07, 6.45) is 1.25. The molecule has 3 N–H and O–H groups in total. The van der Waals surface area contributed by atoms with Crippen molar-refractivity contribution in [3.05, 3.63) is 57.6 Å². The fourth-order valence-corrected chi connectivity index (χ4v) is 2.27. The number of nitrogens with one attached hydrogen (secondary N) is 1. The Kier molecular flexibility index (Phi) is 5.04. The van der Waals surface area contributed by atoms with Crippen LogP contribution in [0.1, 0.15) is 11.1 Å². The number of nitriles is 1. The van der Waals surface area contributed by atoms with E-state index in [9.17, 15) is 20.3 Å². The minimum absolute atomic E-state index is 0.137. The van der Waals surface area contributed by atoms with Crippen molar-refractivity contribution in [3.8, 4) is 17.6 Å².